The molecule has 1 aliphatic rings. The first-order chi connectivity index (χ1) is 13.1. The summed E-state index contributed by atoms with van der Waals surface area (Å²) < 4.78 is 5.80. The van der Waals surface area contributed by atoms with E-state index in [-0.39, 0.29) is 17.0 Å². The number of phenols is 1. The molecule has 1 unspecified atom stereocenters. The van der Waals surface area contributed by atoms with E-state index in [4.69, 9.17) is 16.3 Å². The number of ether oxygens (including phenoxy) is 1. The Morgan fingerprint density at radius 2 is 1.67 bits per heavy atom. The molecular weight excluding hydrogens is 382 g/mol. The third-order valence-electron chi connectivity index (χ3n) is 4.19. The molecule has 1 atom stereocenters. The van der Waals surface area contributed by atoms with Crippen LogP contribution >= 0.6 is 23.4 Å². The minimum absolute atomic E-state index is 0.0414. The van der Waals surface area contributed by atoms with Gasteiger partial charge in [-0.3, -0.25) is 9.69 Å². The third-order valence-corrected chi connectivity index (χ3v) is 5.65. The average molecular weight is 398 g/mol. The van der Waals surface area contributed by atoms with E-state index in [1.807, 2.05) is 30.3 Å². The van der Waals surface area contributed by atoms with Crippen LogP contribution in [-0.2, 0) is 4.79 Å². The van der Waals surface area contributed by atoms with Crippen molar-refractivity contribution in [2.24, 2.45) is 0 Å². The summed E-state index contributed by atoms with van der Waals surface area (Å²) in [6.45, 7) is 0. The number of hydrogen-bond donors (Lipinski definition) is 1. The summed E-state index contributed by atoms with van der Waals surface area (Å²) >= 11 is 7.43. The molecule has 4 nitrogen and oxygen atoms in total. The molecular formula is C21H16ClNO3S. The topological polar surface area (TPSA) is 49.8 Å². The Morgan fingerprint density at radius 1 is 1.00 bits per heavy atom. The van der Waals surface area contributed by atoms with Gasteiger partial charge in [-0.25, -0.2) is 0 Å². The summed E-state index contributed by atoms with van der Waals surface area (Å²) in [5.41, 5.74) is 1.69. The van der Waals surface area contributed by atoms with Crippen LogP contribution in [-0.4, -0.2) is 16.8 Å². The molecule has 0 bridgehead atoms. The lowest BCUT2D eigenvalue weighted by molar-refractivity contribution is -0.115. The number of thioether (sulfide) groups is 1. The summed E-state index contributed by atoms with van der Waals surface area (Å²) in [5, 5.41) is 10.2. The molecule has 3 aromatic rings. The van der Waals surface area contributed by atoms with Crippen molar-refractivity contribution in [3.8, 4) is 17.2 Å². The Bertz CT molecular complexity index is 960. The summed E-state index contributed by atoms with van der Waals surface area (Å²) in [4.78, 5) is 14.2. The molecule has 3 aromatic carbocycles. The number of amides is 1. The van der Waals surface area contributed by atoms with E-state index in [9.17, 15) is 9.90 Å². The molecule has 136 valence electrons. The van der Waals surface area contributed by atoms with E-state index in [0.29, 0.717) is 22.3 Å². The first kappa shape index (κ1) is 17.8. The second-order valence-corrected chi connectivity index (χ2v) is 7.58. The highest BCUT2D eigenvalue weighted by Crippen LogP contribution is 2.42. The zero-order chi connectivity index (χ0) is 18.8. The molecule has 0 spiro atoms. The maximum atomic E-state index is 12.5. The lowest BCUT2D eigenvalue weighted by Crippen LogP contribution is -2.27. The molecule has 6 heteroatoms. The zero-order valence-corrected chi connectivity index (χ0v) is 15.8. The van der Waals surface area contributed by atoms with E-state index >= 15 is 0 Å². The summed E-state index contributed by atoms with van der Waals surface area (Å²) in [5.74, 6) is 2.01. The molecule has 0 radical (unpaired) electrons. The molecule has 1 saturated heterocycles. The number of phenolic OH excluding ortho intramolecular Hbond substituents is 1. The minimum Gasteiger partial charge on any atom is -0.508 e. The fraction of sp³-hybridized carbons (Fsp3) is 0.0952. The van der Waals surface area contributed by atoms with Crippen LogP contribution < -0.4 is 9.64 Å². The van der Waals surface area contributed by atoms with E-state index in [0.717, 1.165) is 11.3 Å². The van der Waals surface area contributed by atoms with Crippen molar-refractivity contribution in [3.05, 3.63) is 83.4 Å². The molecule has 1 fully saturated rings. The van der Waals surface area contributed by atoms with Crippen LogP contribution in [0.5, 0.6) is 17.2 Å². The van der Waals surface area contributed by atoms with E-state index in [1.165, 1.54) is 0 Å². The van der Waals surface area contributed by atoms with Crippen molar-refractivity contribution < 1.29 is 14.6 Å². The van der Waals surface area contributed by atoms with Crippen molar-refractivity contribution in [1.29, 1.82) is 0 Å². The number of benzene rings is 3. The van der Waals surface area contributed by atoms with Gasteiger partial charge in [0.2, 0.25) is 5.91 Å². The maximum Gasteiger partial charge on any atom is 0.238 e. The van der Waals surface area contributed by atoms with Gasteiger partial charge in [0.15, 0.2) is 0 Å². The number of aromatic hydroxyl groups is 1. The van der Waals surface area contributed by atoms with Crippen LogP contribution in [0.2, 0.25) is 5.02 Å². The molecule has 1 amide bonds. The van der Waals surface area contributed by atoms with Crippen LogP contribution in [0.3, 0.4) is 0 Å². The van der Waals surface area contributed by atoms with Crippen molar-refractivity contribution in [3.63, 3.8) is 0 Å². The van der Waals surface area contributed by atoms with Gasteiger partial charge >= 0.3 is 0 Å². The summed E-state index contributed by atoms with van der Waals surface area (Å²) in [6, 6.07) is 21.6. The lowest BCUT2D eigenvalue weighted by Gasteiger charge is -2.24. The van der Waals surface area contributed by atoms with E-state index < -0.39 is 0 Å². The number of carbonyl (C=O) groups is 1. The fourth-order valence-corrected chi connectivity index (χ4v) is 4.23. The quantitative estimate of drug-likeness (QED) is 0.621. The normalized spacial score (nSPS) is 16.6. The van der Waals surface area contributed by atoms with Crippen molar-refractivity contribution in [2.75, 3.05) is 10.7 Å². The van der Waals surface area contributed by atoms with Crippen molar-refractivity contribution >= 4 is 35.0 Å². The van der Waals surface area contributed by atoms with Gasteiger partial charge in [0.05, 0.1) is 5.75 Å². The Morgan fingerprint density at radius 3 is 2.33 bits per heavy atom. The van der Waals surface area contributed by atoms with Gasteiger partial charge in [-0.2, -0.15) is 0 Å². The molecule has 1 N–H and O–H groups in total. The molecule has 4 rings (SSSR count). The van der Waals surface area contributed by atoms with Crippen LogP contribution in [0.4, 0.5) is 5.69 Å². The molecule has 27 heavy (non-hydrogen) atoms. The number of hydrogen-bond acceptors (Lipinski definition) is 4. The predicted octanol–water partition coefficient (Wildman–Crippen LogP) is 5.62. The Hall–Kier alpha value is -2.63. The Balaban J connectivity index is 1.56. The van der Waals surface area contributed by atoms with Gasteiger partial charge in [0, 0.05) is 10.7 Å². The van der Waals surface area contributed by atoms with Gasteiger partial charge in [0.1, 0.15) is 22.6 Å². The first-order valence-electron chi connectivity index (χ1n) is 8.36. The van der Waals surface area contributed by atoms with Crippen molar-refractivity contribution in [1.82, 2.24) is 0 Å². The monoisotopic (exact) mass is 397 g/mol. The van der Waals surface area contributed by atoms with Crippen LogP contribution in [0.25, 0.3) is 0 Å². The molecule has 0 saturated carbocycles. The van der Waals surface area contributed by atoms with Gasteiger partial charge in [-0.1, -0.05) is 23.7 Å². The highest BCUT2D eigenvalue weighted by Gasteiger charge is 2.34. The highest BCUT2D eigenvalue weighted by molar-refractivity contribution is 8.00. The van der Waals surface area contributed by atoms with E-state index in [2.05, 4.69) is 0 Å². The average Bonchev–Trinajstić information content (AvgIpc) is 3.06. The van der Waals surface area contributed by atoms with Crippen LogP contribution in [0.15, 0.2) is 72.8 Å². The number of nitrogens with zero attached hydrogens (tertiary/aromatic N) is 1. The summed E-state index contributed by atoms with van der Waals surface area (Å²) in [7, 11) is 0. The lowest BCUT2D eigenvalue weighted by atomic mass is 10.1. The smallest absolute Gasteiger partial charge is 0.238 e. The third kappa shape index (κ3) is 3.89. The van der Waals surface area contributed by atoms with Crippen LogP contribution in [0.1, 0.15) is 10.9 Å². The number of rotatable bonds is 4. The fourth-order valence-electron chi connectivity index (χ4n) is 2.94. The summed E-state index contributed by atoms with van der Waals surface area (Å²) in [6.07, 6.45) is 0. The molecule has 1 heterocycles. The standard InChI is InChI=1S/C21H16ClNO3S/c22-15-4-8-18(9-5-15)26-19-10-6-16(7-11-19)23-20(25)13-27-21(23)14-2-1-3-17(24)12-14/h1-12,21,24H,13H2. The Kier molecular flexibility index (Phi) is 4.97. The van der Waals surface area contributed by atoms with E-state index in [1.54, 1.807) is 59.1 Å². The van der Waals surface area contributed by atoms with Gasteiger partial charge in [0.25, 0.3) is 0 Å². The van der Waals surface area contributed by atoms with Gasteiger partial charge in [-0.05, 0) is 66.2 Å². The highest BCUT2D eigenvalue weighted by atomic mass is 35.5. The SMILES string of the molecule is O=C1CSC(c2cccc(O)c2)N1c1ccc(Oc2ccc(Cl)cc2)cc1. The first-order valence-corrected chi connectivity index (χ1v) is 9.79. The van der Waals surface area contributed by atoms with Crippen molar-refractivity contribution in [2.45, 2.75) is 5.37 Å². The molecule has 0 aromatic heterocycles. The second-order valence-electron chi connectivity index (χ2n) is 6.07. The van der Waals surface area contributed by atoms with Gasteiger partial charge in [-0.15, -0.1) is 11.8 Å². The molecule has 1 aliphatic heterocycles. The number of anilines is 1. The number of halogens is 1. The largest absolute Gasteiger partial charge is 0.508 e. The van der Waals surface area contributed by atoms with Gasteiger partial charge < -0.3 is 9.84 Å². The minimum atomic E-state index is -0.160. The van der Waals surface area contributed by atoms with Crippen LogP contribution in [0, 0.1) is 0 Å². The second kappa shape index (κ2) is 7.55. The Labute approximate surface area is 166 Å². The zero-order valence-electron chi connectivity index (χ0n) is 14.2. The molecule has 0 aliphatic carbocycles. The maximum absolute atomic E-state index is 12.5. The number of carbonyl (C=O) groups excluding carboxylic acids is 1. The predicted molar refractivity (Wildman–Crippen MR) is 109 cm³/mol.